The van der Waals surface area contributed by atoms with Crippen LogP contribution in [0.4, 0.5) is 4.79 Å². The van der Waals surface area contributed by atoms with Crippen molar-refractivity contribution < 1.29 is 19.4 Å². The number of hydrogen-bond donors (Lipinski definition) is 1. The van der Waals surface area contributed by atoms with E-state index in [1.54, 1.807) is 4.90 Å². The summed E-state index contributed by atoms with van der Waals surface area (Å²) in [6, 6.07) is 0.128. The number of morpholine rings is 1. The molecule has 0 aliphatic carbocycles. The van der Waals surface area contributed by atoms with Crippen LogP contribution in [0.2, 0.25) is 0 Å². The smallest absolute Gasteiger partial charge is 0.320 e. The first-order chi connectivity index (χ1) is 10.1. The van der Waals surface area contributed by atoms with E-state index < -0.39 is 5.97 Å². The number of carboxylic acid groups (broad SMARTS) is 1. The first kappa shape index (κ1) is 14.6. The van der Waals surface area contributed by atoms with E-state index in [4.69, 9.17) is 9.84 Å². The highest BCUT2D eigenvalue weighted by Gasteiger charge is 2.37. The van der Waals surface area contributed by atoms with Gasteiger partial charge in [-0.2, -0.15) is 0 Å². The predicted octanol–water partition coefficient (Wildman–Crippen LogP) is 0.0619. The summed E-state index contributed by atoms with van der Waals surface area (Å²) in [6.07, 6.45) is 2.33. The van der Waals surface area contributed by atoms with Gasteiger partial charge in [0.2, 0.25) is 0 Å². The van der Waals surface area contributed by atoms with Crippen molar-refractivity contribution in [2.24, 2.45) is 0 Å². The van der Waals surface area contributed by atoms with Gasteiger partial charge in [-0.05, 0) is 19.4 Å². The number of rotatable bonds is 2. The van der Waals surface area contributed by atoms with Crippen molar-refractivity contribution in [3.05, 3.63) is 0 Å². The van der Waals surface area contributed by atoms with Crippen LogP contribution in [0.5, 0.6) is 0 Å². The molecule has 3 heterocycles. The van der Waals surface area contributed by atoms with Gasteiger partial charge in [0.15, 0.2) is 0 Å². The highest BCUT2D eigenvalue weighted by Crippen LogP contribution is 2.23. The van der Waals surface area contributed by atoms with Crippen molar-refractivity contribution in [2.75, 3.05) is 45.9 Å². The molecular formula is C14H23N3O4. The number of urea groups is 1. The quantitative estimate of drug-likeness (QED) is 0.780. The van der Waals surface area contributed by atoms with E-state index in [2.05, 4.69) is 4.90 Å². The van der Waals surface area contributed by atoms with E-state index in [-0.39, 0.29) is 18.5 Å². The molecule has 0 radical (unpaired) electrons. The Morgan fingerprint density at radius 2 is 2.05 bits per heavy atom. The lowest BCUT2D eigenvalue weighted by Crippen LogP contribution is -2.59. The monoisotopic (exact) mass is 297 g/mol. The van der Waals surface area contributed by atoms with E-state index in [0.717, 1.165) is 32.6 Å². The van der Waals surface area contributed by atoms with Crippen molar-refractivity contribution in [2.45, 2.75) is 31.3 Å². The highest BCUT2D eigenvalue weighted by atomic mass is 16.5. The van der Waals surface area contributed by atoms with Gasteiger partial charge in [0.25, 0.3) is 0 Å². The van der Waals surface area contributed by atoms with Gasteiger partial charge in [-0.25, -0.2) is 4.79 Å². The molecule has 3 saturated heterocycles. The largest absolute Gasteiger partial charge is 0.481 e. The normalized spacial score (nSPS) is 30.3. The van der Waals surface area contributed by atoms with Crippen LogP contribution in [-0.2, 0) is 9.53 Å². The predicted molar refractivity (Wildman–Crippen MR) is 75.1 cm³/mol. The molecule has 0 aromatic rings. The molecule has 3 aliphatic rings. The molecule has 2 amide bonds. The number of amides is 2. The zero-order valence-electron chi connectivity index (χ0n) is 12.2. The second-order valence-corrected chi connectivity index (χ2v) is 6.08. The number of aliphatic carboxylic acids is 1. The van der Waals surface area contributed by atoms with Crippen LogP contribution < -0.4 is 0 Å². The molecule has 3 rings (SSSR count). The molecule has 3 fully saturated rings. The molecule has 0 aromatic carbocycles. The number of carboxylic acids is 1. The van der Waals surface area contributed by atoms with Crippen LogP contribution >= 0.6 is 0 Å². The number of carbonyl (C=O) groups excluding carboxylic acids is 1. The van der Waals surface area contributed by atoms with E-state index in [1.807, 2.05) is 4.90 Å². The Morgan fingerprint density at radius 3 is 2.86 bits per heavy atom. The van der Waals surface area contributed by atoms with Crippen molar-refractivity contribution in [3.63, 3.8) is 0 Å². The Labute approximate surface area is 124 Å². The van der Waals surface area contributed by atoms with E-state index >= 15 is 0 Å². The van der Waals surface area contributed by atoms with Crippen LogP contribution in [-0.4, -0.2) is 89.8 Å². The van der Waals surface area contributed by atoms with Crippen molar-refractivity contribution >= 4 is 12.0 Å². The molecule has 7 nitrogen and oxygen atoms in total. The summed E-state index contributed by atoms with van der Waals surface area (Å²) >= 11 is 0. The van der Waals surface area contributed by atoms with E-state index in [0.29, 0.717) is 25.8 Å². The van der Waals surface area contributed by atoms with Gasteiger partial charge in [-0.3, -0.25) is 9.69 Å². The first-order valence-corrected chi connectivity index (χ1v) is 7.74. The van der Waals surface area contributed by atoms with Crippen LogP contribution in [0.1, 0.15) is 19.3 Å². The number of piperazine rings is 1. The Bertz CT molecular complexity index is 417. The number of hydrogen-bond acceptors (Lipinski definition) is 4. The van der Waals surface area contributed by atoms with Gasteiger partial charge in [0, 0.05) is 32.2 Å². The fraction of sp³-hybridized carbons (Fsp3) is 0.857. The van der Waals surface area contributed by atoms with Crippen LogP contribution in [0.15, 0.2) is 0 Å². The molecular weight excluding hydrogens is 274 g/mol. The molecule has 3 aliphatic heterocycles. The molecule has 7 heteroatoms. The minimum Gasteiger partial charge on any atom is -0.481 e. The second-order valence-electron chi connectivity index (χ2n) is 6.08. The Kier molecular flexibility index (Phi) is 4.30. The fourth-order valence-electron chi connectivity index (χ4n) is 3.62. The van der Waals surface area contributed by atoms with Gasteiger partial charge in [0.05, 0.1) is 25.7 Å². The van der Waals surface area contributed by atoms with Gasteiger partial charge in [-0.15, -0.1) is 0 Å². The SMILES string of the molecule is O=C(O)CC1COCCN1C(=O)N1CCN2CCCC2C1. The van der Waals surface area contributed by atoms with Crippen molar-refractivity contribution in [1.82, 2.24) is 14.7 Å². The van der Waals surface area contributed by atoms with Crippen LogP contribution in [0.25, 0.3) is 0 Å². The van der Waals surface area contributed by atoms with E-state index in [9.17, 15) is 9.59 Å². The average Bonchev–Trinajstić information content (AvgIpc) is 2.94. The van der Waals surface area contributed by atoms with Crippen LogP contribution in [0, 0.1) is 0 Å². The lowest BCUT2D eigenvalue weighted by Gasteiger charge is -2.42. The zero-order valence-corrected chi connectivity index (χ0v) is 12.2. The van der Waals surface area contributed by atoms with Crippen molar-refractivity contribution in [3.8, 4) is 0 Å². The third kappa shape index (κ3) is 3.13. The molecule has 2 unspecified atom stereocenters. The summed E-state index contributed by atoms with van der Waals surface area (Å²) in [5.74, 6) is -0.885. The number of carbonyl (C=O) groups is 2. The lowest BCUT2D eigenvalue weighted by molar-refractivity contribution is -0.139. The molecule has 118 valence electrons. The summed E-state index contributed by atoms with van der Waals surface area (Å²) in [7, 11) is 0. The number of ether oxygens (including phenoxy) is 1. The first-order valence-electron chi connectivity index (χ1n) is 7.74. The van der Waals surface area contributed by atoms with Gasteiger partial charge in [0.1, 0.15) is 0 Å². The molecule has 0 bridgehead atoms. The Hall–Kier alpha value is -1.34. The zero-order chi connectivity index (χ0) is 14.8. The Morgan fingerprint density at radius 1 is 1.19 bits per heavy atom. The second kappa shape index (κ2) is 6.19. The third-order valence-electron chi connectivity index (χ3n) is 4.74. The summed E-state index contributed by atoms with van der Waals surface area (Å²) in [5.41, 5.74) is 0. The summed E-state index contributed by atoms with van der Waals surface area (Å²) in [6.45, 7) is 4.90. The molecule has 21 heavy (non-hydrogen) atoms. The fourth-order valence-corrected chi connectivity index (χ4v) is 3.62. The van der Waals surface area contributed by atoms with Crippen LogP contribution in [0.3, 0.4) is 0 Å². The summed E-state index contributed by atoms with van der Waals surface area (Å²) in [4.78, 5) is 29.7. The minimum absolute atomic E-state index is 0.0175. The molecule has 0 aromatic heterocycles. The van der Waals surface area contributed by atoms with Crippen molar-refractivity contribution in [1.29, 1.82) is 0 Å². The molecule has 0 saturated carbocycles. The average molecular weight is 297 g/mol. The Balaban J connectivity index is 1.63. The lowest BCUT2D eigenvalue weighted by atomic mass is 10.1. The summed E-state index contributed by atoms with van der Waals surface area (Å²) < 4.78 is 5.34. The minimum atomic E-state index is -0.885. The number of nitrogens with zero attached hydrogens (tertiary/aromatic N) is 3. The standard InChI is InChI=1S/C14H23N3O4/c18-13(19)8-12-10-21-7-6-17(12)14(20)16-5-4-15-3-1-2-11(15)9-16/h11-12H,1-10H2,(H,18,19). The number of fused-ring (bicyclic) bond motifs is 1. The van der Waals surface area contributed by atoms with Gasteiger partial charge >= 0.3 is 12.0 Å². The van der Waals surface area contributed by atoms with Gasteiger partial charge < -0.3 is 19.6 Å². The molecule has 0 spiro atoms. The van der Waals surface area contributed by atoms with E-state index in [1.165, 1.54) is 6.42 Å². The summed E-state index contributed by atoms with van der Waals surface area (Å²) in [5, 5.41) is 8.98. The maximum atomic E-state index is 12.7. The maximum Gasteiger partial charge on any atom is 0.320 e. The topological polar surface area (TPSA) is 73.3 Å². The molecule has 2 atom stereocenters. The molecule has 1 N–H and O–H groups in total. The highest BCUT2D eigenvalue weighted by molar-refractivity contribution is 5.76. The maximum absolute atomic E-state index is 12.7. The third-order valence-corrected chi connectivity index (χ3v) is 4.74. The van der Waals surface area contributed by atoms with Gasteiger partial charge in [-0.1, -0.05) is 0 Å².